The highest BCUT2D eigenvalue weighted by atomic mass is 32.1. The summed E-state index contributed by atoms with van der Waals surface area (Å²) in [4.78, 5) is 36.6. The zero-order valence-electron chi connectivity index (χ0n) is 11.4. The van der Waals surface area contributed by atoms with Gasteiger partial charge in [0.1, 0.15) is 6.54 Å². The fraction of sp³-hybridized carbons (Fsp3) is 0.462. The average molecular weight is 311 g/mol. The number of thiophene rings is 1. The van der Waals surface area contributed by atoms with E-state index >= 15 is 0 Å². The first-order valence-electron chi connectivity index (χ1n) is 6.61. The molecule has 1 aromatic heterocycles. The van der Waals surface area contributed by atoms with Crippen LogP contribution >= 0.6 is 11.3 Å². The van der Waals surface area contributed by atoms with Crippen molar-refractivity contribution in [1.29, 1.82) is 0 Å². The van der Waals surface area contributed by atoms with E-state index in [2.05, 4.69) is 10.6 Å². The first kappa shape index (κ1) is 15.3. The molecule has 3 amide bonds. The van der Waals surface area contributed by atoms with Gasteiger partial charge in [-0.3, -0.25) is 9.59 Å². The Balaban J connectivity index is 1.79. The molecule has 0 atom stereocenters. The van der Waals surface area contributed by atoms with Gasteiger partial charge in [-0.25, -0.2) is 4.79 Å². The van der Waals surface area contributed by atoms with Crippen LogP contribution in [0.2, 0.25) is 0 Å². The first-order valence-corrected chi connectivity index (χ1v) is 7.49. The lowest BCUT2D eigenvalue weighted by Gasteiger charge is -2.22. The fourth-order valence-corrected chi connectivity index (χ4v) is 2.52. The van der Waals surface area contributed by atoms with Gasteiger partial charge in [0.2, 0.25) is 5.91 Å². The van der Waals surface area contributed by atoms with Crippen molar-refractivity contribution in [2.24, 2.45) is 0 Å². The Morgan fingerprint density at radius 2 is 2.05 bits per heavy atom. The summed E-state index contributed by atoms with van der Waals surface area (Å²) in [6, 6.07) is 3.83. The van der Waals surface area contributed by atoms with Gasteiger partial charge in [0.15, 0.2) is 0 Å². The largest absolute Gasteiger partial charge is 0.480 e. The number of carboxylic acid groups (broad SMARTS) is 1. The minimum atomic E-state index is -1.12. The normalized spacial score (nSPS) is 13.5. The molecule has 0 aromatic carbocycles. The molecule has 0 spiro atoms. The predicted octanol–water partition coefficient (Wildman–Crippen LogP) is 0.623. The van der Waals surface area contributed by atoms with Crippen molar-refractivity contribution in [3.8, 4) is 0 Å². The minimum Gasteiger partial charge on any atom is -0.480 e. The third-order valence-corrected chi connectivity index (χ3v) is 3.85. The monoisotopic (exact) mass is 311 g/mol. The van der Waals surface area contributed by atoms with Gasteiger partial charge in [-0.2, -0.15) is 0 Å². The summed E-state index contributed by atoms with van der Waals surface area (Å²) in [5.74, 6) is -1.63. The number of amides is 3. The summed E-state index contributed by atoms with van der Waals surface area (Å²) < 4.78 is 0. The van der Waals surface area contributed by atoms with Gasteiger partial charge in [0.25, 0.3) is 0 Å². The van der Waals surface area contributed by atoms with Crippen molar-refractivity contribution >= 4 is 29.2 Å². The summed E-state index contributed by atoms with van der Waals surface area (Å²) in [6.45, 7) is -0.138. The molecule has 0 bridgehead atoms. The van der Waals surface area contributed by atoms with Crippen LogP contribution in [0.3, 0.4) is 0 Å². The van der Waals surface area contributed by atoms with Crippen molar-refractivity contribution in [2.75, 3.05) is 13.1 Å². The van der Waals surface area contributed by atoms with Gasteiger partial charge in [0.05, 0.1) is 13.1 Å². The van der Waals surface area contributed by atoms with Crippen LogP contribution in [-0.4, -0.2) is 47.0 Å². The molecule has 1 saturated carbocycles. The number of carbonyl (C=O) groups excluding carboxylic acids is 2. The number of hydrogen-bond acceptors (Lipinski definition) is 4. The number of hydrogen-bond donors (Lipinski definition) is 3. The lowest BCUT2D eigenvalue weighted by atomic mass is 10.4. The molecule has 1 aromatic rings. The molecule has 0 aliphatic heterocycles. The van der Waals surface area contributed by atoms with E-state index in [1.807, 2.05) is 17.5 Å². The Morgan fingerprint density at radius 3 is 2.62 bits per heavy atom. The Labute approximate surface area is 125 Å². The number of nitrogens with zero attached hydrogens (tertiary/aromatic N) is 1. The molecule has 0 saturated heterocycles. The fourth-order valence-electron chi connectivity index (χ4n) is 1.82. The summed E-state index contributed by atoms with van der Waals surface area (Å²) >= 11 is 1.58. The van der Waals surface area contributed by atoms with E-state index in [1.54, 1.807) is 16.2 Å². The van der Waals surface area contributed by atoms with Gasteiger partial charge in [-0.05, 0) is 24.3 Å². The summed E-state index contributed by atoms with van der Waals surface area (Å²) in [7, 11) is 0. The Morgan fingerprint density at radius 1 is 1.29 bits per heavy atom. The number of rotatable bonds is 7. The zero-order chi connectivity index (χ0) is 15.2. The van der Waals surface area contributed by atoms with Crippen molar-refractivity contribution in [1.82, 2.24) is 15.5 Å². The molecule has 1 fully saturated rings. The van der Waals surface area contributed by atoms with E-state index in [9.17, 15) is 14.4 Å². The molecule has 7 nitrogen and oxygen atoms in total. The first-order chi connectivity index (χ1) is 10.1. The molecule has 114 valence electrons. The van der Waals surface area contributed by atoms with Gasteiger partial charge in [-0.15, -0.1) is 11.3 Å². The summed E-state index contributed by atoms with van der Waals surface area (Å²) in [5, 5.41) is 15.1. The second-order valence-electron chi connectivity index (χ2n) is 4.77. The molecule has 1 aliphatic rings. The highest BCUT2D eigenvalue weighted by Crippen LogP contribution is 2.29. The number of carboxylic acids is 1. The molecule has 1 heterocycles. The van der Waals surface area contributed by atoms with Crippen LogP contribution in [-0.2, 0) is 16.1 Å². The Kier molecular flexibility index (Phi) is 5.15. The quantitative estimate of drug-likeness (QED) is 0.687. The maximum atomic E-state index is 12.1. The van der Waals surface area contributed by atoms with Crippen LogP contribution in [0.25, 0.3) is 0 Å². The molecule has 1 aliphatic carbocycles. The van der Waals surface area contributed by atoms with E-state index in [4.69, 9.17) is 5.11 Å². The van der Waals surface area contributed by atoms with Crippen molar-refractivity contribution in [2.45, 2.75) is 25.4 Å². The van der Waals surface area contributed by atoms with E-state index in [0.29, 0.717) is 6.54 Å². The highest BCUT2D eigenvalue weighted by Gasteiger charge is 2.32. The number of urea groups is 1. The molecule has 21 heavy (non-hydrogen) atoms. The summed E-state index contributed by atoms with van der Waals surface area (Å²) in [5.41, 5.74) is 0. The lowest BCUT2D eigenvalue weighted by Crippen LogP contribution is -2.45. The Bertz CT molecular complexity index is 513. The smallest absolute Gasteiger partial charge is 0.322 e. The average Bonchev–Trinajstić information content (AvgIpc) is 3.16. The van der Waals surface area contributed by atoms with Crippen LogP contribution < -0.4 is 10.6 Å². The predicted molar refractivity (Wildman–Crippen MR) is 76.9 cm³/mol. The number of nitrogens with one attached hydrogen (secondary N) is 2. The van der Waals surface area contributed by atoms with Crippen molar-refractivity contribution < 1.29 is 19.5 Å². The highest BCUT2D eigenvalue weighted by molar-refractivity contribution is 7.09. The van der Waals surface area contributed by atoms with Gasteiger partial charge >= 0.3 is 12.0 Å². The molecular weight excluding hydrogens is 294 g/mol. The van der Waals surface area contributed by atoms with E-state index in [-0.39, 0.29) is 18.6 Å². The third-order valence-electron chi connectivity index (χ3n) is 2.99. The number of aliphatic carboxylic acids is 1. The van der Waals surface area contributed by atoms with Gasteiger partial charge < -0.3 is 20.6 Å². The molecular formula is C13H17N3O4S. The molecule has 2 rings (SSSR count). The zero-order valence-corrected chi connectivity index (χ0v) is 12.2. The minimum absolute atomic E-state index is 0.222. The molecule has 0 radical (unpaired) electrons. The second-order valence-corrected chi connectivity index (χ2v) is 5.80. The molecule has 3 N–H and O–H groups in total. The van der Waals surface area contributed by atoms with Crippen LogP contribution in [0.1, 0.15) is 17.7 Å². The van der Waals surface area contributed by atoms with Gasteiger partial charge in [-0.1, -0.05) is 6.07 Å². The SMILES string of the molecule is O=C(O)CNC(=O)CNC(=O)N(Cc1cccs1)C1CC1. The Hall–Kier alpha value is -2.09. The van der Waals surface area contributed by atoms with Crippen LogP contribution in [0, 0.1) is 0 Å². The van der Waals surface area contributed by atoms with E-state index in [1.165, 1.54) is 0 Å². The number of carbonyl (C=O) groups is 3. The van der Waals surface area contributed by atoms with Crippen molar-refractivity contribution in [3.63, 3.8) is 0 Å². The molecule has 0 unspecified atom stereocenters. The molecule has 8 heteroatoms. The van der Waals surface area contributed by atoms with E-state index < -0.39 is 18.4 Å². The lowest BCUT2D eigenvalue weighted by molar-refractivity contribution is -0.137. The summed E-state index contributed by atoms with van der Waals surface area (Å²) in [6.07, 6.45) is 1.95. The van der Waals surface area contributed by atoms with Crippen molar-refractivity contribution in [3.05, 3.63) is 22.4 Å². The topological polar surface area (TPSA) is 98.7 Å². The van der Waals surface area contributed by atoms with E-state index in [0.717, 1.165) is 17.7 Å². The van der Waals surface area contributed by atoms with Crippen LogP contribution in [0.5, 0.6) is 0 Å². The standard InChI is InChI=1S/C13H17N3O4S/c17-11(14-7-12(18)19)6-15-13(20)16(9-3-4-9)8-10-2-1-5-21-10/h1-2,5,9H,3-4,6-8H2,(H,14,17)(H,15,20)(H,18,19). The van der Waals surface area contributed by atoms with Crippen LogP contribution in [0.15, 0.2) is 17.5 Å². The second kappa shape index (κ2) is 7.07. The van der Waals surface area contributed by atoms with Gasteiger partial charge in [0, 0.05) is 10.9 Å². The maximum absolute atomic E-state index is 12.1. The third kappa shape index (κ3) is 5.07. The maximum Gasteiger partial charge on any atom is 0.322 e. The van der Waals surface area contributed by atoms with Crippen LogP contribution in [0.4, 0.5) is 4.79 Å².